The molecule has 0 saturated heterocycles. The summed E-state index contributed by atoms with van der Waals surface area (Å²) in [5, 5.41) is 0. The van der Waals surface area contributed by atoms with Crippen LogP contribution in [0.25, 0.3) is 0 Å². The third-order valence-electron chi connectivity index (χ3n) is 3.10. The van der Waals surface area contributed by atoms with E-state index < -0.39 is 30.4 Å². The SMILES string of the molecule is O=S(=O)([O-])c1ccccc1.O=S(=O)([O-])c1ccccc1.O=S(=O)([O-])c1ccccc1.[Pd+3]. The molecule has 3 aromatic carbocycles. The summed E-state index contributed by atoms with van der Waals surface area (Å²) >= 11 is 0. The summed E-state index contributed by atoms with van der Waals surface area (Å²) in [5.74, 6) is 0. The minimum Gasteiger partial charge on any atom is -0.744 e. The fourth-order valence-electron chi connectivity index (χ4n) is 1.76. The number of hydrogen-bond acceptors (Lipinski definition) is 9. The Hall–Kier alpha value is -1.95. The molecule has 0 atom stereocenters. The maximum Gasteiger partial charge on any atom is 3.00 e. The van der Waals surface area contributed by atoms with E-state index in [4.69, 9.17) is 0 Å². The summed E-state index contributed by atoms with van der Waals surface area (Å²) in [6, 6.07) is 21.6. The molecule has 0 aliphatic carbocycles. The van der Waals surface area contributed by atoms with Gasteiger partial charge in [0, 0.05) is 0 Å². The third kappa shape index (κ3) is 11.9. The second-order valence-corrected chi connectivity index (χ2v) is 9.44. The van der Waals surface area contributed by atoms with E-state index in [1.807, 2.05) is 0 Å². The van der Waals surface area contributed by atoms with Crippen molar-refractivity contribution in [1.82, 2.24) is 0 Å². The maximum atomic E-state index is 10.3. The molecule has 0 fully saturated rings. The molecule has 9 nitrogen and oxygen atoms in total. The molecule has 0 aromatic heterocycles. The van der Waals surface area contributed by atoms with E-state index in [-0.39, 0.29) is 35.1 Å². The van der Waals surface area contributed by atoms with Crippen LogP contribution in [0.2, 0.25) is 0 Å². The van der Waals surface area contributed by atoms with Crippen LogP contribution in [0.1, 0.15) is 0 Å². The van der Waals surface area contributed by atoms with Crippen LogP contribution in [0.3, 0.4) is 0 Å². The molecule has 0 saturated carbocycles. The van der Waals surface area contributed by atoms with Gasteiger partial charge in [0.25, 0.3) is 0 Å². The van der Waals surface area contributed by atoms with Crippen molar-refractivity contribution in [1.29, 1.82) is 0 Å². The maximum absolute atomic E-state index is 10.3. The zero-order chi connectivity index (χ0) is 22.8. The Kier molecular flexibility index (Phi) is 12.0. The van der Waals surface area contributed by atoms with Crippen LogP contribution in [0.15, 0.2) is 106 Å². The molecule has 0 aliphatic heterocycles. The Morgan fingerprint density at radius 3 is 0.645 bits per heavy atom. The molecule has 0 aliphatic rings. The normalized spacial score (nSPS) is 10.9. The molecule has 13 heteroatoms. The zero-order valence-electron chi connectivity index (χ0n) is 15.4. The van der Waals surface area contributed by atoms with Crippen LogP contribution < -0.4 is 0 Å². The van der Waals surface area contributed by atoms with Gasteiger partial charge >= 0.3 is 20.4 Å². The standard InChI is InChI=1S/3C6H6O3S.Pd/c3*7-10(8,9)6-4-2-1-3-5-6;/h3*1-5H,(H,7,8,9);/q;;;+3/p-3. The number of rotatable bonds is 3. The molecule has 3 aromatic rings. The van der Waals surface area contributed by atoms with E-state index in [0.29, 0.717) is 0 Å². The van der Waals surface area contributed by atoms with E-state index in [1.54, 1.807) is 18.2 Å². The quantitative estimate of drug-likeness (QED) is 0.332. The first kappa shape index (κ1) is 29.1. The molecule has 0 N–H and O–H groups in total. The van der Waals surface area contributed by atoms with Crippen LogP contribution in [-0.2, 0) is 50.8 Å². The second-order valence-electron chi connectivity index (χ2n) is 5.30. The van der Waals surface area contributed by atoms with Gasteiger partial charge in [0.1, 0.15) is 30.4 Å². The first-order valence-electron chi connectivity index (χ1n) is 7.84. The summed E-state index contributed by atoms with van der Waals surface area (Å²) in [6.45, 7) is 0. The van der Waals surface area contributed by atoms with Crippen molar-refractivity contribution in [3.63, 3.8) is 0 Å². The molecular weight excluding hydrogens is 563 g/mol. The molecule has 0 bridgehead atoms. The summed E-state index contributed by atoms with van der Waals surface area (Å²) in [6.07, 6.45) is 0. The van der Waals surface area contributed by atoms with Crippen molar-refractivity contribution in [3.8, 4) is 0 Å². The van der Waals surface area contributed by atoms with Gasteiger partial charge in [-0.25, -0.2) is 25.3 Å². The van der Waals surface area contributed by atoms with Gasteiger partial charge in [0.2, 0.25) is 0 Å². The summed E-state index contributed by atoms with van der Waals surface area (Å²) in [4.78, 5) is -0.556. The van der Waals surface area contributed by atoms with Gasteiger partial charge in [0.05, 0.1) is 14.7 Å². The molecule has 31 heavy (non-hydrogen) atoms. The Labute approximate surface area is 194 Å². The van der Waals surface area contributed by atoms with Crippen LogP contribution in [0.5, 0.6) is 0 Å². The predicted molar refractivity (Wildman–Crippen MR) is 103 cm³/mol. The van der Waals surface area contributed by atoms with Crippen LogP contribution >= 0.6 is 0 Å². The third-order valence-corrected chi connectivity index (χ3v) is 5.64. The Bertz CT molecular complexity index is 1070. The van der Waals surface area contributed by atoms with Crippen LogP contribution in [0.4, 0.5) is 0 Å². The fraction of sp³-hybridized carbons (Fsp3) is 0. The molecule has 169 valence electrons. The zero-order valence-corrected chi connectivity index (χ0v) is 19.4. The molecule has 0 unspecified atom stereocenters. The van der Waals surface area contributed by atoms with Gasteiger partial charge in [-0.3, -0.25) is 0 Å². The van der Waals surface area contributed by atoms with Crippen molar-refractivity contribution in [3.05, 3.63) is 91.0 Å². The molecule has 3 rings (SSSR count). The van der Waals surface area contributed by atoms with E-state index in [9.17, 15) is 38.9 Å². The van der Waals surface area contributed by atoms with E-state index >= 15 is 0 Å². The predicted octanol–water partition coefficient (Wildman–Crippen LogP) is 1.77. The van der Waals surface area contributed by atoms with Gasteiger partial charge in [-0.1, -0.05) is 54.6 Å². The van der Waals surface area contributed by atoms with Crippen molar-refractivity contribution in [2.24, 2.45) is 0 Å². The van der Waals surface area contributed by atoms with Gasteiger partial charge in [-0.15, -0.1) is 0 Å². The fourth-order valence-corrected chi connectivity index (χ4v) is 3.23. The molecule has 0 amide bonds. The molecule has 1 radical (unpaired) electrons. The summed E-state index contributed by atoms with van der Waals surface area (Å²) in [7, 11) is -12.8. The Morgan fingerprint density at radius 2 is 0.548 bits per heavy atom. The second kappa shape index (κ2) is 12.8. The largest absolute Gasteiger partial charge is 3.00 e. The van der Waals surface area contributed by atoms with E-state index in [0.717, 1.165) is 0 Å². The minimum atomic E-state index is -4.25. The van der Waals surface area contributed by atoms with Gasteiger partial charge in [-0.2, -0.15) is 0 Å². The minimum absolute atomic E-state index is 0. The number of benzene rings is 3. The van der Waals surface area contributed by atoms with Gasteiger partial charge in [-0.05, 0) is 36.4 Å². The van der Waals surface area contributed by atoms with Crippen molar-refractivity contribution < 1.29 is 59.3 Å². The Balaban J connectivity index is 0.000000429. The first-order chi connectivity index (χ1) is 13.8. The molecule has 0 spiro atoms. The monoisotopic (exact) mass is 577 g/mol. The smallest absolute Gasteiger partial charge is 0.744 e. The first-order valence-corrected chi connectivity index (χ1v) is 12.1. The van der Waals surface area contributed by atoms with Gasteiger partial charge < -0.3 is 13.7 Å². The van der Waals surface area contributed by atoms with Crippen LogP contribution in [-0.4, -0.2) is 38.9 Å². The van der Waals surface area contributed by atoms with E-state index in [1.165, 1.54) is 72.8 Å². The average molecular weight is 578 g/mol. The number of hydrogen-bond donors (Lipinski definition) is 0. The summed E-state index contributed by atoms with van der Waals surface area (Å²) < 4.78 is 92.5. The van der Waals surface area contributed by atoms with Crippen molar-refractivity contribution >= 4 is 30.4 Å². The van der Waals surface area contributed by atoms with E-state index in [2.05, 4.69) is 0 Å². The topological polar surface area (TPSA) is 172 Å². The summed E-state index contributed by atoms with van der Waals surface area (Å²) in [5.41, 5.74) is 0. The van der Waals surface area contributed by atoms with Gasteiger partial charge in [0.15, 0.2) is 0 Å². The van der Waals surface area contributed by atoms with Crippen LogP contribution in [0, 0.1) is 0 Å². The van der Waals surface area contributed by atoms with Crippen molar-refractivity contribution in [2.45, 2.75) is 14.7 Å². The van der Waals surface area contributed by atoms with Crippen molar-refractivity contribution in [2.75, 3.05) is 0 Å². The molecular formula is C18H15O9PdS3. The Morgan fingerprint density at radius 1 is 0.387 bits per heavy atom. The molecule has 0 heterocycles. The average Bonchev–Trinajstić information content (AvgIpc) is 2.69.